The minimum absolute atomic E-state index is 0.0200. The van der Waals surface area contributed by atoms with Crippen LogP contribution >= 0.6 is 0 Å². The number of likely N-dealkylation sites (N-methyl/N-ethyl adjacent to an activating group) is 1. The van der Waals surface area contributed by atoms with Crippen LogP contribution in [0.3, 0.4) is 0 Å². The molecule has 2 aliphatic heterocycles. The van der Waals surface area contributed by atoms with E-state index in [9.17, 15) is 4.79 Å². The average Bonchev–Trinajstić information content (AvgIpc) is 2.84. The molecule has 1 atom stereocenters. The van der Waals surface area contributed by atoms with Crippen LogP contribution in [0.4, 0.5) is 4.79 Å². The van der Waals surface area contributed by atoms with Crippen LogP contribution in [0.25, 0.3) is 0 Å². The summed E-state index contributed by atoms with van der Waals surface area (Å²) >= 11 is 0. The van der Waals surface area contributed by atoms with Gasteiger partial charge >= 0.3 is 6.03 Å². The highest BCUT2D eigenvalue weighted by atomic mass is 16.5. The van der Waals surface area contributed by atoms with Gasteiger partial charge in [-0.15, -0.1) is 0 Å². The van der Waals surface area contributed by atoms with Crippen LogP contribution in [0.15, 0.2) is 42.5 Å². The molecular weight excluding hydrogens is 404 g/mol. The van der Waals surface area contributed by atoms with Gasteiger partial charge in [0.2, 0.25) is 0 Å². The molecule has 1 fully saturated rings. The highest BCUT2D eigenvalue weighted by molar-refractivity contribution is 5.76. The fraction of sp³-hybridized carbons (Fsp3) is 0.480. The molecular formula is C25H34N4O3. The lowest BCUT2D eigenvalue weighted by Gasteiger charge is -2.38. The van der Waals surface area contributed by atoms with Crippen molar-refractivity contribution in [3.8, 4) is 11.5 Å². The molecule has 1 unspecified atom stereocenters. The zero-order valence-corrected chi connectivity index (χ0v) is 19.3. The molecule has 2 aromatic rings. The van der Waals surface area contributed by atoms with Crippen LogP contribution in [0.5, 0.6) is 11.5 Å². The second-order valence-corrected chi connectivity index (χ2v) is 8.54. The maximum atomic E-state index is 13.3. The Balaban J connectivity index is 1.53. The van der Waals surface area contributed by atoms with Gasteiger partial charge in [0, 0.05) is 45.8 Å². The number of rotatable bonds is 6. The number of carbonyl (C=O) groups excluding carboxylic acids is 1. The maximum absolute atomic E-state index is 13.3. The van der Waals surface area contributed by atoms with Gasteiger partial charge in [0.1, 0.15) is 0 Å². The molecule has 2 aliphatic rings. The van der Waals surface area contributed by atoms with E-state index >= 15 is 0 Å². The normalized spacial score (nSPS) is 19.3. The quantitative estimate of drug-likeness (QED) is 0.752. The Kier molecular flexibility index (Phi) is 7.17. The van der Waals surface area contributed by atoms with Gasteiger partial charge in [-0.3, -0.25) is 4.90 Å². The molecule has 2 aromatic carbocycles. The number of methoxy groups -OCH3 is 2. The van der Waals surface area contributed by atoms with Crippen LogP contribution in [0.1, 0.15) is 22.7 Å². The van der Waals surface area contributed by atoms with Gasteiger partial charge < -0.3 is 24.6 Å². The van der Waals surface area contributed by atoms with Crippen LogP contribution < -0.4 is 14.8 Å². The van der Waals surface area contributed by atoms with Crippen molar-refractivity contribution in [2.75, 3.05) is 67.1 Å². The third kappa shape index (κ3) is 4.84. The first-order chi connectivity index (χ1) is 15.6. The number of hydrogen-bond acceptors (Lipinski definition) is 5. The topological polar surface area (TPSA) is 57.3 Å². The molecule has 172 valence electrons. The number of amides is 2. The standard InChI is InChI=1S/C25H34N4O3/c1-27-13-15-28(16-14-27)12-10-26-25(30)29-11-9-20-17-22(31-2)23(32-3)18-21(20)24(29)19-7-5-4-6-8-19/h4-8,17-18,24H,9-16H2,1-3H3,(H,26,30). The second-order valence-electron chi connectivity index (χ2n) is 8.54. The molecule has 0 bridgehead atoms. The number of hydrogen-bond donors (Lipinski definition) is 1. The first-order valence-electron chi connectivity index (χ1n) is 11.4. The molecule has 0 aromatic heterocycles. The van der Waals surface area contributed by atoms with Crippen LogP contribution in [-0.4, -0.2) is 87.8 Å². The SMILES string of the molecule is COc1cc2c(cc1OC)C(c1ccccc1)N(C(=O)NCCN1CCN(C)CC1)CC2. The predicted octanol–water partition coefficient (Wildman–Crippen LogP) is 2.61. The van der Waals surface area contributed by atoms with Crippen molar-refractivity contribution < 1.29 is 14.3 Å². The molecule has 2 amide bonds. The summed E-state index contributed by atoms with van der Waals surface area (Å²) in [4.78, 5) is 20.0. The summed E-state index contributed by atoms with van der Waals surface area (Å²) < 4.78 is 11.1. The van der Waals surface area contributed by atoms with E-state index in [0.717, 1.165) is 56.0 Å². The van der Waals surface area contributed by atoms with Crippen molar-refractivity contribution in [1.82, 2.24) is 20.0 Å². The minimum Gasteiger partial charge on any atom is -0.493 e. The summed E-state index contributed by atoms with van der Waals surface area (Å²) in [5.41, 5.74) is 3.38. The largest absolute Gasteiger partial charge is 0.493 e. The van der Waals surface area contributed by atoms with Crippen LogP contribution in [0, 0.1) is 0 Å². The van der Waals surface area contributed by atoms with Gasteiger partial charge in [0.25, 0.3) is 0 Å². The molecule has 0 radical (unpaired) electrons. The van der Waals surface area contributed by atoms with E-state index in [2.05, 4.69) is 34.3 Å². The lowest BCUT2D eigenvalue weighted by molar-refractivity contribution is 0.150. The molecule has 7 nitrogen and oxygen atoms in total. The summed E-state index contributed by atoms with van der Waals surface area (Å²) in [7, 11) is 5.46. The monoisotopic (exact) mass is 438 g/mol. The zero-order chi connectivity index (χ0) is 22.5. The number of ether oxygens (including phenoxy) is 2. The van der Waals surface area contributed by atoms with Gasteiger partial charge in [-0.2, -0.15) is 0 Å². The summed E-state index contributed by atoms with van der Waals surface area (Å²) in [6.45, 7) is 6.46. The lowest BCUT2D eigenvalue weighted by Crippen LogP contribution is -2.50. The molecule has 7 heteroatoms. The number of benzene rings is 2. The van der Waals surface area contributed by atoms with E-state index in [1.165, 1.54) is 5.56 Å². The first-order valence-corrected chi connectivity index (χ1v) is 11.4. The highest BCUT2D eigenvalue weighted by Crippen LogP contribution is 2.40. The molecule has 32 heavy (non-hydrogen) atoms. The number of urea groups is 1. The average molecular weight is 439 g/mol. The first kappa shape index (κ1) is 22.4. The smallest absolute Gasteiger partial charge is 0.318 e. The van der Waals surface area contributed by atoms with Gasteiger partial charge in [-0.1, -0.05) is 30.3 Å². The van der Waals surface area contributed by atoms with E-state index in [1.807, 2.05) is 35.2 Å². The van der Waals surface area contributed by atoms with E-state index in [0.29, 0.717) is 18.8 Å². The fourth-order valence-electron chi connectivity index (χ4n) is 4.65. The number of nitrogens with zero attached hydrogens (tertiary/aromatic N) is 3. The Labute approximate surface area is 190 Å². The van der Waals surface area contributed by atoms with Crippen molar-refractivity contribution in [2.45, 2.75) is 12.5 Å². The van der Waals surface area contributed by atoms with Gasteiger partial charge in [0.05, 0.1) is 20.3 Å². The Morgan fingerprint density at radius 2 is 1.69 bits per heavy atom. The molecule has 0 aliphatic carbocycles. The molecule has 1 saturated heterocycles. The predicted molar refractivity (Wildman–Crippen MR) is 126 cm³/mol. The summed E-state index contributed by atoms with van der Waals surface area (Å²) in [6, 6.07) is 14.1. The van der Waals surface area contributed by atoms with E-state index in [-0.39, 0.29) is 12.1 Å². The molecule has 0 saturated carbocycles. The number of carbonyl (C=O) groups is 1. The number of fused-ring (bicyclic) bond motifs is 1. The Bertz CT molecular complexity index is 913. The van der Waals surface area contributed by atoms with Crippen LogP contribution in [-0.2, 0) is 6.42 Å². The molecule has 1 N–H and O–H groups in total. The van der Waals surface area contributed by atoms with E-state index in [4.69, 9.17) is 9.47 Å². The summed E-state index contributed by atoms with van der Waals surface area (Å²) in [5, 5.41) is 3.17. The summed E-state index contributed by atoms with van der Waals surface area (Å²) in [6.07, 6.45) is 0.783. The zero-order valence-electron chi connectivity index (χ0n) is 19.3. The third-order valence-electron chi connectivity index (χ3n) is 6.55. The van der Waals surface area contributed by atoms with Gasteiger partial charge in [-0.05, 0) is 42.3 Å². The second kappa shape index (κ2) is 10.2. The van der Waals surface area contributed by atoms with Crippen LogP contribution in [0.2, 0.25) is 0 Å². The number of nitrogens with one attached hydrogen (secondary N) is 1. The Morgan fingerprint density at radius 3 is 2.38 bits per heavy atom. The third-order valence-corrected chi connectivity index (χ3v) is 6.55. The van der Waals surface area contributed by atoms with Crippen molar-refractivity contribution in [2.24, 2.45) is 0 Å². The van der Waals surface area contributed by atoms with E-state index in [1.54, 1.807) is 14.2 Å². The van der Waals surface area contributed by atoms with Crippen molar-refractivity contribution >= 4 is 6.03 Å². The molecule has 4 rings (SSSR count). The Morgan fingerprint density at radius 1 is 1.00 bits per heavy atom. The minimum atomic E-state index is -0.164. The lowest BCUT2D eigenvalue weighted by atomic mass is 9.88. The van der Waals surface area contributed by atoms with Crippen molar-refractivity contribution in [3.63, 3.8) is 0 Å². The van der Waals surface area contributed by atoms with Crippen molar-refractivity contribution in [1.29, 1.82) is 0 Å². The molecule has 0 spiro atoms. The Hall–Kier alpha value is -2.77. The number of piperazine rings is 1. The summed E-state index contributed by atoms with van der Waals surface area (Å²) in [5.74, 6) is 1.41. The molecule has 2 heterocycles. The maximum Gasteiger partial charge on any atom is 0.318 e. The van der Waals surface area contributed by atoms with Crippen molar-refractivity contribution in [3.05, 3.63) is 59.2 Å². The fourth-order valence-corrected chi connectivity index (χ4v) is 4.65. The van der Waals surface area contributed by atoms with E-state index < -0.39 is 0 Å². The van der Waals surface area contributed by atoms with Gasteiger partial charge in [0.15, 0.2) is 11.5 Å². The highest BCUT2D eigenvalue weighted by Gasteiger charge is 2.33. The van der Waals surface area contributed by atoms with Gasteiger partial charge in [-0.25, -0.2) is 4.79 Å².